The highest BCUT2D eigenvalue weighted by atomic mass is 32.2. The highest BCUT2D eigenvalue weighted by Gasteiger charge is 2.43. The number of carbonyl (C=O) groups is 2. The number of carbonyl (C=O) groups excluding carboxylic acids is 2. The topological polar surface area (TPSA) is 154 Å². The van der Waals surface area contributed by atoms with Gasteiger partial charge in [-0.05, 0) is 31.5 Å². The summed E-state index contributed by atoms with van der Waals surface area (Å²) in [6.07, 6.45) is 0. The van der Waals surface area contributed by atoms with Crippen LogP contribution in [0, 0.1) is 16.0 Å². The zero-order valence-electron chi connectivity index (χ0n) is 21.7. The molecule has 2 atom stereocenters. The number of non-ortho nitro benzene ring substituents is 1. The summed E-state index contributed by atoms with van der Waals surface area (Å²) < 4.78 is 37.7. The summed E-state index contributed by atoms with van der Waals surface area (Å²) in [6.45, 7) is 3.47. The molecule has 0 aliphatic carbocycles. The molecular formula is C26H29N3O8S2. The molecule has 0 radical (unpaired) electrons. The van der Waals surface area contributed by atoms with Gasteiger partial charge in [0.15, 0.2) is 0 Å². The van der Waals surface area contributed by atoms with Crippen molar-refractivity contribution in [3.63, 3.8) is 0 Å². The predicted molar refractivity (Wildman–Crippen MR) is 147 cm³/mol. The quantitative estimate of drug-likeness (QED) is 0.173. The molecule has 11 nitrogen and oxygen atoms in total. The molecule has 0 aromatic heterocycles. The summed E-state index contributed by atoms with van der Waals surface area (Å²) in [6, 6.07) is 13.7. The van der Waals surface area contributed by atoms with E-state index in [4.69, 9.17) is 9.47 Å². The number of nitrogens with zero attached hydrogens (tertiary/aromatic N) is 2. The number of thioether (sulfide) groups is 1. The van der Waals surface area contributed by atoms with Gasteiger partial charge in [-0.2, -0.15) is 11.8 Å². The molecule has 208 valence electrons. The number of hydrogen-bond acceptors (Lipinski definition) is 10. The number of nitro benzene ring substituents is 1. The Morgan fingerprint density at radius 1 is 1.15 bits per heavy atom. The number of nitro groups is 1. The third-order valence-corrected chi connectivity index (χ3v) is 8.39. The van der Waals surface area contributed by atoms with Gasteiger partial charge in [0.05, 0.1) is 34.8 Å². The van der Waals surface area contributed by atoms with Crippen LogP contribution in [0.15, 0.2) is 75.8 Å². The van der Waals surface area contributed by atoms with Crippen molar-refractivity contribution in [3.8, 4) is 0 Å². The van der Waals surface area contributed by atoms with Crippen LogP contribution in [0.2, 0.25) is 0 Å². The first-order valence-electron chi connectivity index (χ1n) is 12.0. The van der Waals surface area contributed by atoms with Crippen LogP contribution in [0.3, 0.4) is 0 Å². The lowest BCUT2D eigenvalue weighted by atomic mass is 9.75. The molecule has 1 aliphatic rings. The van der Waals surface area contributed by atoms with E-state index in [0.717, 1.165) is 0 Å². The maximum atomic E-state index is 13.2. The number of methoxy groups -OCH3 is 1. The van der Waals surface area contributed by atoms with Crippen molar-refractivity contribution in [1.82, 2.24) is 4.72 Å². The normalized spacial score (nSPS) is 17.4. The molecule has 3 rings (SSSR count). The molecule has 2 aromatic rings. The fraction of sp³-hybridized carbons (Fsp3) is 0.346. The molecule has 0 spiro atoms. The highest BCUT2D eigenvalue weighted by Crippen LogP contribution is 2.41. The molecule has 0 bridgehead atoms. The third-order valence-electron chi connectivity index (χ3n) is 5.94. The van der Waals surface area contributed by atoms with Gasteiger partial charge < -0.3 is 9.47 Å². The van der Waals surface area contributed by atoms with E-state index >= 15 is 0 Å². The molecular weight excluding hydrogens is 546 g/mol. The van der Waals surface area contributed by atoms with E-state index in [1.807, 2.05) is 0 Å². The summed E-state index contributed by atoms with van der Waals surface area (Å²) in [5, 5.41) is 11.5. The second kappa shape index (κ2) is 13.5. The lowest BCUT2D eigenvalue weighted by Gasteiger charge is -2.31. The number of rotatable bonds is 12. The zero-order chi connectivity index (χ0) is 28.6. The Morgan fingerprint density at radius 3 is 2.51 bits per heavy atom. The number of ether oxygens (including phenoxy) is 2. The van der Waals surface area contributed by atoms with Crippen LogP contribution >= 0.6 is 11.8 Å². The number of sulfonamides is 1. The Balaban J connectivity index is 1.91. The summed E-state index contributed by atoms with van der Waals surface area (Å²) in [7, 11) is -2.45. The van der Waals surface area contributed by atoms with Crippen LogP contribution in [-0.2, 0) is 29.1 Å². The van der Waals surface area contributed by atoms with Gasteiger partial charge in [0, 0.05) is 41.8 Å². The molecule has 0 amide bonds. The van der Waals surface area contributed by atoms with Gasteiger partial charge in [0.25, 0.3) is 5.69 Å². The van der Waals surface area contributed by atoms with Crippen LogP contribution < -0.4 is 4.72 Å². The van der Waals surface area contributed by atoms with Crippen LogP contribution in [-0.4, -0.2) is 62.8 Å². The van der Waals surface area contributed by atoms with Gasteiger partial charge >= 0.3 is 11.9 Å². The van der Waals surface area contributed by atoms with Crippen molar-refractivity contribution in [3.05, 3.63) is 81.5 Å². The molecule has 39 heavy (non-hydrogen) atoms. The van der Waals surface area contributed by atoms with E-state index in [2.05, 4.69) is 9.71 Å². The van der Waals surface area contributed by atoms with E-state index < -0.39 is 38.7 Å². The number of esters is 2. The maximum Gasteiger partial charge on any atom is 0.336 e. The van der Waals surface area contributed by atoms with Gasteiger partial charge in [-0.15, -0.1) is 0 Å². The minimum absolute atomic E-state index is 0.0667. The second-order valence-electron chi connectivity index (χ2n) is 8.43. The van der Waals surface area contributed by atoms with Crippen LogP contribution in [0.25, 0.3) is 0 Å². The molecule has 0 fully saturated rings. The summed E-state index contributed by atoms with van der Waals surface area (Å²) in [5.41, 5.74) is 1.01. The molecule has 2 unspecified atom stereocenters. The van der Waals surface area contributed by atoms with Crippen molar-refractivity contribution in [1.29, 1.82) is 0 Å². The van der Waals surface area contributed by atoms with Crippen LogP contribution in [0.1, 0.15) is 25.3 Å². The fourth-order valence-electron chi connectivity index (χ4n) is 4.22. The number of nitrogens with one attached hydrogen (secondary N) is 1. The zero-order valence-corrected chi connectivity index (χ0v) is 23.3. The number of hydrogen-bond donors (Lipinski definition) is 1. The average Bonchev–Trinajstić information content (AvgIpc) is 2.92. The SMILES string of the molecule is CCOC(=O)C1=C(CSCCNS(=O)(=O)c2ccccc2)N=C(C)C(C(=O)OC)C1c1cccc([N+](=O)[O-])c1. The maximum absolute atomic E-state index is 13.2. The van der Waals surface area contributed by atoms with Gasteiger partial charge in [-0.3, -0.25) is 19.9 Å². The summed E-state index contributed by atoms with van der Waals surface area (Å²) in [5.74, 6) is -2.69. The first-order chi connectivity index (χ1) is 18.6. The molecule has 1 heterocycles. The van der Waals surface area contributed by atoms with Crippen molar-refractivity contribution >= 4 is 45.1 Å². The van der Waals surface area contributed by atoms with E-state index in [0.29, 0.717) is 22.7 Å². The monoisotopic (exact) mass is 575 g/mol. The Morgan fingerprint density at radius 2 is 1.87 bits per heavy atom. The van der Waals surface area contributed by atoms with Crippen LogP contribution in [0.5, 0.6) is 0 Å². The third kappa shape index (κ3) is 7.31. The Bertz CT molecular complexity index is 1390. The standard InChI is InChI=1S/C26H29N3O8S2/c1-4-37-26(31)24-21(16-38-14-13-27-39(34,35)20-11-6-5-7-12-20)28-17(2)22(25(30)36-3)23(24)18-9-8-10-19(15-18)29(32)33/h5-12,15,22-23,27H,4,13-14,16H2,1-3H3. The Labute approximate surface area is 230 Å². The minimum Gasteiger partial charge on any atom is -0.468 e. The lowest BCUT2D eigenvalue weighted by molar-refractivity contribution is -0.384. The lowest BCUT2D eigenvalue weighted by Crippen LogP contribution is -2.36. The fourth-order valence-corrected chi connectivity index (χ4v) is 6.20. The van der Waals surface area contributed by atoms with Crippen molar-refractivity contribution in [2.75, 3.05) is 31.8 Å². The first kappa shape index (κ1) is 30.0. The predicted octanol–water partition coefficient (Wildman–Crippen LogP) is 3.47. The Kier molecular flexibility index (Phi) is 10.4. The van der Waals surface area contributed by atoms with E-state index in [-0.39, 0.29) is 35.1 Å². The smallest absolute Gasteiger partial charge is 0.336 e. The van der Waals surface area contributed by atoms with Gasteiger partial charge in [-0.1, -0.05) is 30.3 Å². The molecule has 2 aromatic carbocycles. The molecule has 13 heteroatoms. The van der Waals surface area contributed by atoms with Crippen molar-refractivity contribution in [2.24, 2.45) is 10.9 Å². The molecule has 0 saturated heterocycles. The second-order valence-corrected chi connectivity index (χ2v) is 11.3. The first-order valence-corrected chi connectivity index (χ1v) is 14.6. The Hall–Kier alpha value is -3.55. The highest BCUT2D eigenvalue weighted by molar-refractivity contribution is 7.99. The summed E-state index contributed by atoms with van der Waals surface area (Å²) in [4.78, 5) is 41.7. The number of aliphatic imine (C=N–C) groups is 1. The van der Waals surface area contributed by atoms with Crippen molar-refractivity contribution in [2.45, 2.75) is 24.7 Å². The van der Waals surface area contributed by atoms with E-state index in [1.54, 1.807) is 38.1 Å². The number of benzene rings is 2. The molecule has 0 saturated carbocycles. The minimum atomic E-state index is -3.67. The van der Waals surface area contributed by atoms with Crippen LogP contribution in [0.4, 0.5) is 5.69 Å². The molecule has 1 N–H and O–H groups in total. The van der Waals surface area contributed by atoms with E-state index in [1.165, 1.54) is 49.2 Å². The summed E-state index contributed by atoms with van der Waals surface area (Å²) >= 11 is 1.33. The van der Waals surface area contributed by atoms with Crippen molar-refractivity contribution < 1.29 is 32.4 Å². The van der Waals surface area contributed by atoms with Gasteiger partial charge in [0.1, 0.15) is 5.92 Å². The molecule has 1 aliphatic heterocycles. The van der Waals surface area contributed by atoms with Gasteiger partial charge in [-0.25, -0.2) is 17.9 Å². The average molecular weight is 576 g/mol. The largest absolute Gasteiger partial charge is 0.468 e. The van der Waals surface area contributed by atoms with Gasteiger partial charge in [0.2, 0.25) is 10.0 Å². The van der Waals surface area contributed by atoms with E-state index in [9.17, 15) is 28.1 Å².